The molecule has 0 radical (unpaired) electrons. The smallest absolute Gasteiger partial charge is 0.220 e. The van der Waals surface area contributed by atoms with E-state index in [1.807, 2.05) is 54.5 Å². The quantitative estimate of drug-likeness (QED) is 0.783. The molecule has 3 heterocycles. The minimum Gasteiger partial charge on any atom is -0.352 e. The van der Waals surface area contributed by atoms with Crippen LogP contribution in [0.2, 0.25) is 0 Å². The summed E-state index contributed by atoms with van der Waals surface area (Å²) in [6.07, 6.45) is 4.84. The third kappa shape index (κ3) is 3.11. The number of amides is 1. The Balaban J connectivity index is 1.59. The maximum absolute atomic E-state index is 12.1. The van der Waals surface area contributed by atoms with E-state index in [4.69, 9.17) is 0 Å². The van der Waals surface area contributed by atoms with Gasteiger partial charge < -0.3 is 5.32 Å². The van der Waals surface area contributed by atoms with Crippen LogP contribution in [-0.4, -0.2) is 25.3 Å². The molecule has 6 nitrogen and oxygen atoms in total. The van der Waals surface area contributed by atoms with E-state index in [2.05, 4.69) is 15.5 Å². The fraction of sp³-hybridized carbons (Fsp3) is 0.353. The van der Waals surface area contributed by atoms with Gasteiger partial charge >= 0.3 is 0 Å². The van der Waals surface area contributed by atoms with E-state index in [0.717, 1.165) is 22.5 Å². The van der Waals surface area contributed by atoms with Crippen LogP contribution < -0.4 is 5.32 Å². The number of aromatic nitrogens is 4. The highest BCUT2D eigenvalue weighted by molar-refractivity contribution is 5.76. The summed E-state index contributed by atoms with van der Waals surface area (Å²) >= 11 is 0. The van der Waals surface area contributed by atoms with E-state index >= 15 is 0 Å². The Morgan fingerprint density at radius 2 is 2.13 bits per heavy atom. The fourth-order valence-electron chi connectivity index (χ4n) is 2.86. The van der Waals surface area contributed by atoms with E-state index in [1.54, 1.807) is 6.20 Å². The Morgan fingerprint density at radius 1 is 1.30 bits per heavy atom. The Bertz CT molecular complexity index is 846. The minimum absolute atomic E-state index is 0.0502. The molecule has 3 rings (SSSR count). The molecule has 3 aromatic heterocycles. The summed E-state index contributed by atoms with van der Waals surface area (Å²) in [4.78, 5) is 12.1. The van der Waals surface area contributed by atoms with Crippen molar-refractivity contribution in [3.63, 3.8) is 0 Å². The lowest BCUT2D eigenvalue weighted by molar-refractivity contribution is -0.121. The molecule has 0 spiro atoms. The van der Waals surface area contributed by atoms with E-state index < -0.39 is 0 Å². The predicted molar refractivity (Wildman–Crippen MR) is 88.0 cm³/mol. The molecular weight excluding hydrogens is 290 g/mol. The zero-order valence-electron chi connectivity index (χ0n) is 13.7. The van der Waals surface area contributed by atoms with Crippen molar-refractivity contribution in [2.45, 2.75) is 33.2 Å². The number of carbonyl (C=O) groups excluding carboxylic acids is 1. The molecule has 23 heavy (non-hydrogen) atoms. The molecule has 120 valence electrons. The number of nitrogens with zero attached hydrogens (tertiary/aromatic N) is 4. The summed E-state index contributed by atoms with van der Waals surface area (Å²) in [7, 11) is 1.93. The lowest BCUT2D eigenvalue weighted by Crippen LogP contribution is -2.23. The highest BCUT2D eigenvalue weighted by Crippen LogP contribution is 2.14. The lowest BCUT2D eigenvalue weighted by Gasteiger charge is -2.07. The van der Waals surface area contributed by atoms with Crippen molar-refractivity contribution in [1.29, 1.82) is 0 Å². The van der Waals surface area contributed by atoms with Crippen molar-refractivity contribution in [1.82, 2.24) is 24.7 Å². The van der Waals surface area contributed by atoms with Crippen LogP contribution in [0.4, 0.5) is 0 Å². The van der Waals surface area contributed by atoms with Gasteiger partial charge in [-0.15, -0.1) is 0 Å². The molecule has 0 unspecified atom stereocenters. The van der Waals surface area contributed by atoms with Crippen LogP contribution in [0.3, 0.4) is 0 Å². The van der Waals surface area contributed by atoms with Gasteiger partial charge in [0.15, 0.2) is 0 Å². The standard InChI is InChI=1S/C17H21N5O/c1-12-15(13(2)21(3)20-12)6-7-17(23)18-11-14-5-4-10-22-16(14)8-9-19-22/h4-5,8-10H,6-7,11H2,1-3H3,(H,18,23). The topological polar surface area (TPSA) is 64.2 Å². The maximum Gasteiger partial charge on any atom is 0.220 e. The van der Waals surface area contributed by atoms with Crippen LogP contribution in [0, 0.1) is 13.8 Å². The summed E-state index contributed by atoms with van der Waals surface area (Å²) in [5.41, 5.74) is 5.38. The molecule has 1 N–H and O–H groups in total. The van der Waals surface area contributed by atoms with E-state index in [-0.39, 0.29) is 5.91 Å². The molecule has 0 atom stereocenters. The average Bonchev–Trinajstić information content (AvgIpc) is 3.09. The second kappa shape index (κ2) is 6.24. The number of hydrogen-bond acceptors (Lipinski definition) is 3. The summed E-state index contributed by atoms with van der Waals surface area (Å²) in [5.74, 6) is 0.0502. The SMILES string of the molecule is Cc1nn(C)c(C)c1CCC(=O)NCc1cccn2nccc12. The summed E-state index contributed by atoms with van der Waals surface area (Å²) in [5, 5.41) is 11.6. The van der Waals surface area contributed by atoms with Gasteiger partial charge in [-0.25, -0.2) is 4.52 Å². The van der Waals surface area contributed by atoms with Crippen molar-refractivity contribution in [2.75, 3.05) is 0 Å². The number of hydrogen-bond donors (Lipinski definition) is 1. The normalized spacial score (nSPS) is 11.1. The number of pyridine rings is 1. The van der Waals surface area contributed by atoms with Crippen LogP contribution in [-0.2, 0) is 24.8 Å². The van der Waals surface area contributed by atoms with E-state index in [0.29, 0.717) is 19.4 Å². The van der Waals surface area contributed by atoms with Crippen LogP contribution >= 0.6 is 0 Å². The number of aryl methyl sites for hydroxylation is 2. The van der Waals surface area contributed by atoms with Crippen molar-refractivity contribution in [3.8, 4) is 0 Å². The number of carbonyl (C=O) groups is 1. The number of nitrogens with one attached hydrogen (secondary N) is 1. The molecule has 0 aliphatic heterocycles. The van der Waals surface area contributed by atoms with Crippen molar-refractivity contribution >= 4 is 11.4 Å². The zero-order chi connectivity index (χ0) is 16.4. The molecule has 0 aromatic carbocycles. The molecular formula is C17H21N5O. The third-order valence-electron chi connectivity index (χ3n) is 4.26. The van der Waals surface area contributed by atoms with Crippen molar-refractivity contribution in [3.05, 3.63) is 53.1 Å². The Morgan fingerprint density at radius 3 is 2.87 bits per heavy atom. The van der Waals surface area contributed by atoms with E-state index in [1.165, 1.54) is 5.56 Å². The van der Waals surface area contributed by atoms with E-state index in [9.17, 15) is 4.79 Å². The van der Waals surface area contributed by atoms with Crippen molar-refractivity contribution in [2.24, 2.45) is 7.05 Å². The molecule has 3 aromatic rings. The largest absolute Gasteiger partial charge is 0.352 e. The second-order valence-corrected chi connectivity index (χ2v) is 5.74. The third-order valence-corrected chi connectivity index (χ3v) is 4.26. The molecule has 0 fully saturated rings. The Labute approximate surface area is 135 Å². The summed E-state index contributed by atoms with van der Waals surface area (Å²) in [6.45, 7) is 4.54. The van der Waals surface area contributed by atoms with Crippen molar-refractivity contribution < 1.29 is 4.79 Å². The first-order valence-electron chi connectivity index (χ1n) is 7.73. The minimum atomic E-state index is 0.0502. The number of rotatable bonds is 5. The van der Waals surface area contributed by atoms with Gasteiger partial charge in [0.05, 0.1) is 11.2 Å². The average molecular weight is 311 g/mol. The highest BCUT2D eigenvalue weighted by atomic mass is 16.1. The molecule has 0 bridgehead atoms. The first kappa shape index (κ1) is 15.3. The molecule has 0 aliphatic rings. The summed E-state index contributed by atoms with van der Waals surface area (Å²) in [6, 6.07) is 5.89. The van der Waals surface area contributed by atoms with Crippen LogP contribution in [0.1, 0.15) is 28.9 Å². The van der Waals surface area contributed by atoms with Crippen LogP contribution in [0.25, 0.3) is 5.52 Å². The van der Waals surface area contributed by atoms with Crippen LogP contribution in [0.5, 0.6) is 0 Å². The maximum atomic E-state index is 12.1. The zero-order valence-corrected chi connectivity index (χ0v) is 13.7. The lowest BCUT2D eigenvalue weighted by atomic mass is 10.1. The highest BCUT2D eigenvalue weighted by Gasteiger charge is 2.11. The molecule has 0 saturated heterocycles. The summed E-state index contributed by atoms with van der Waals surface area (Å²) < 4.78 is 3.67. The van der Waals surface area contributed by atoms with Gasteiger partial charge in [-0.1, -0.05) is 6.07 Å². The predicted octanol–water partition coefficient (Wildman–Crippen LogP) is 1.93. The number of fused-ring (bicyclic) bond motifs is 1. The molecule has 1 amide bonds. The van der Waals surface area contributed by atoms with Gasteiger partial charge in [-0.3, -0.25) is 9.48 Å². The van der Waals surface area contributed by atoms with Gasteiger partial charge in [0.2, 0.25) is 5.91 Å². The van der Waals surface area contributed by atoms with Gasteiger partial charge in [-0.05, 0) is 43.5 Å². The second-order valence-electron chi connectivity index (χ2n) is 5.74. The Hall–Kier alpha value is -2.63. The first-order chi connectivity index (χ1) is 11.1. The molecule has 0 saturated carbocycles. The van der Waals surface area contributed by atoms with Gasteiger partial charge in [-0.2, -0.15) is 10.2 Å². The van der Waals surface area contributed by atoms with Gasteiger partial charge in [0, 0.05) is 38.1 Å². The molecule has 0 aliphatic carbocycles. The molecule has 6 heteroatoms. The Kier molecular flexibility index (Phi) is 4.14. The fourth-order valence-corrected chi connectivity index (χ4v) is 2.86. The van der Waals surface area contributed by atoms with Crippen LogP contribution in [0.15, 0.2) is 30.6 Å². The van der Waals surface area contributed by atoms with Gasteiger partial charge in [0.1, 0.15) is 0 Å². The first-order valence-corrected chi connectivity index (χ1v) is 7.73. The monoisotopic (exact) mass is 311 g/mol. The van der Waals surface area contributed by atoms with Gasteiger partial charge in [0.25, 0.3) is 0 Å².